The van der Waals surface area contributed by atoms with Gasteiger partial charge in [-0.05, 0) is 25.7 Å². The first kappa shape index (κ1) is 12.8. The molecule has 3 aliphatic rings. The number of nitrogens with zero attached hydrogens (tertiary/aromatic N) is 1. The van der Waals surface area contributed by atoms with Crippen LogP contribution in [0.4, 0.5) is 0 Å². The lowest BCUT2D eigenvalue weighted by molar-refractivity contribution is -0.137. The van der Waals surface area contributed by atoms with Gasteiger partial charge in [0.2, 0.25) is 5.91 Å². The van der Waals surface area contributed by atoms with Gasteiger partial charge in [0, 0.05) is 42.6 Å². The fraction of sp³-hybridized carbons (Fsp3) is 0.923. The van der Waals surface area contributed by atoms with Gasteiger partial charge in [-0.15, -0.1) is 0 Å². The quantitative estimate of drug-likeness (QED) is 0.771. The van der Waals surface area contributed by atoms with Crippen LogP contribution in [0.3, 0.4) is 0 Å². The molecule has 3 saturated heterocycles. The number of fused-ring (bicyclic) bond motifs is 2. The molecule has 1 amide bonds. The molecule has 0 aromatic rings. The number of amides is 1. The van der Waals surface area contributed by atoms with Crippen molar-refractivity contribution in [1.29, 1.82) is 0 Å². The standard InChI is InChI=1S/C13H22N2O2S/c16-12-6-10-1-2-11(7-12)15(10)13(17)5-9-8-18-4-3-14-9/h9-12,14,16H,1-8H2. The summed E-state index contributed by atoms with van der Waals surface area (Å²) in [6.45, 7) is 1.02. The van der Waals surface area contributed by atoms with Crippen molar-refractivity contribution in [1.82, 2.24) is 10.2 Å². The van der Waals surface area contributed by atoms with E-state index in [0.29, 0.717) is 30.5 Å². The van der Waals surface area contributed by atoms with Crippen LogP contribution in [0.1, 0.15) is 32.1 Å². The average Bonchev–Trinajstić information content (AvgIpc) is 2.63. The van der Waals surface area contributed by atoms with E-state index in [4.69, 9.17) is 0 Å². The highest BCUT2D eigenvalue weighted by molar-refractivity contribution is 7.99. The molecule has 2 N–H and O–H groups in total. The van der Waals surface area contributed by atoms with Crippen LogP contribution in [-0.4, -0.2) is 58.2 Å². The largest absolute Gasteiger partial charge is 0.393 e. The second kappa shape index (κ2) is 5.39. The summed E-state index contributed by atoms with van der Waals surface area (Å²) >= 11 is 1.94. The average molecular weight is 270 g/mol. The molecule has 18 heavy (non-hydrogen) atoms. The van der Waals surface area contributed by atoms with E-state index in [9.17, 15) is 9.90 Å². The molecule has 2 bridgehead atoms. The van der Waals surface area contributed by atoms with Crippen LogP contribution in [0, 0.1) is 0 Å². The number of nitrogens with one attached hydrogen (secondary N) is 1. The van der Waals surface area contributed by atoms with E-state index in [1.54, 1.807) is 0 Å². The maximum atomic E-state index is 12.4. The Labute approximate surface area is 112 Å². The molecule has 4 nitrogen and oxygen atoms in total. The molecule has 3 unspecified atom stereocenters. The molecule has 3 rings (SSSR count). The summed E-state index contributed by atoms with van der Waals surface area (Å²) in [5.74, 6) is 2.51. The maximum Gasteiger partial charge on any atom is 0.224 e. The van der Waals surface area contributed by atoms with Crippen molar-refractivity contribution in [3.8, 4) is 0 Å². The Morgan fingerprint density at radius 3 is 2.67 bits per heavy atom. The van der Waals surface area contributed by atoms with Gasteiger partial charge in [0.15, 0.2) is 0 Å². The smallest absolute Gasteiger partial charge is 0.224 e. The first-order valence-electron chi connectivity index (χ1n) is 7.04. The Kier molecular flexibility index (Phi) is 3.82. The van der Waals surface area contributed by atoms with Crippen molar-refractivity contribution in [2.45, 2.75) is 56.3 Å². The van der Waals surface area contributed by atoms with Gasteiger partial charge in [-0.3, -0.25) is 4.79 Å². The maximum absolute atomic E-state index is 12.4. The van der Waals surface area contributed by atoms with E-state index in [1.165, 1.54) is 0 Å². The zero-order valence-corrected chi connectivity index (χ0v) is 11.5. The highest BCUT2D eigenvalue weighted by atomic mass is 32.2. The number of thioether (sulfide) groups is 1. The molecule has 0 spiro atoms. The van der Waals surface area contributed by atoms with Crippen molar-refractivity contribution >= 4 is 17.7 Å². The van der Waals surface area contributed by atoms with Gasteiger partial charge in [0.1, 0.15) is 0 Å². The lowest BCUT2D eigenvalue weighted by Crippen LogP contribution is -2.50. The van der Waals surface area contributed by atoms with E-state index in [1.807, 2.05) is 11.8 Å². The van der Waals surface area contributed by atoms with Gasteiger partial charge >= 0.3 is 0 Å². The number of hydrogen-bond donors (Lipinski definition) is 2. The van der Waals surface area contributed by atoms with Crippen molar-refractivity contribution < 1.29 is 9.90 Å². The molecule has 5 heteroatoms. The molecule has 0 aromatic carbocycles. The Morgan fingerprint density at radius 1 is 1.33 bits per heavy atom. The zero-order chi connectivity index (χ0) is 12.5. The van der Waals surface area contributed by atoms with Crippen molar-refractivity contribution in [2.75, 3.05) is 18.1 Å². The lowest BCUT2D eigenvalue weighted by atomic mass is 9.99. The first-order valence-corrected chi connectivity index (χ1v) is 8.20. The summed E-state index contributed by atoms with van der Waals surface area (Å²) < 4.78 is 0. The molecule has 3 heterocycles. The Hall–Kier alpha value is -0.260. The van der Waals surface area contributed by atoms with E-state index in [-0.39, 0.29) is 6.10 Å². The Bertz CT molecular complexity index is 306. The molecule has 3 aliphatic heterocycles. The molecular weight excluding hydrogens is 248 g/mol. The zero-order valence-electron chi connectivity index (χ0n) is 10.7. The fourth-order valence-electron chi connectivity index (χ4n) is 3.62. The predicted octanol–water partition coefficient (Wildman–Crippen LogP) is 0.596. The van der Waals surface area contributed by atoms with E-state index in [2.05, 4.69) is 10.2 Å². The molecule has 3 fully saturated rings. The van der Waals surface area contributed by atoms with Gasteiger partial charge < -0.3 is 15.3 Å². The molecule has 0 aromatic heterocycles. The fourth-order valence-corrected chi connectivity index (χ4v) is 4.57. The van der Waals surface area contributed by atoms with Crippen LogP contribution in [0.25, 0.3) is 0 Å². The van der Waals surface area contributed by atoms with Crippen LogP contribution in [0.15, 0.2) is 0 Å². The minimum Gasteiger partial charge on any atom is -0.393 e. The van der Waals surface area contributed by atoms with Gasteiger partial charge in [0.05, 0.1) is 6.10 Å². The second-order valence-corrected chi connectivity index (χ2v) is 6.89. The highest BCUT2D eigenvalue weighted by Gasteiger charge is 2.42. The summed E-state index contributed by atoms with van der Waals surface area (Å²) in [7, 11) is 0. The molecule has 0 aliphatic carbocycles. The minimum absolute atomic E-state index is 0.185. The highest BCUT2D eigenvalue weighted by Crippen LogP contribution is 2.36. The summed E-state index contributed by atoms with van der Waals surface area (Å²) in [5, 5.41) is 13.2. The molecular formula is C13H22N2O2S. The number of carbonyl (C=O) groups is 1. The number of aliphatic hydroxyl groups excluding tert-OH is 1. The summed E-state index contributed by atoms with van der Waals surface area (Å²) in [6.07, 6.45) is 4.19. The molecule has 102 valence electrons. The number of carbonyl (C=O) groups excluding carboxylic acids is 1. The number of aliphatic hydroxyl groups is 1. The summed E-state index contributed by atoms with van der Waals surface area (Å²) in [5.41, 5.74) is 0. The van der Waals surface area contributed by atoms with Gasteiger partial charge in [-0.25, -0.2) is 0 Å². The van der Waals surface area contributed by atoms with Gasteiger partial charge in [-0.2, -0.15) is 11.8 Å². The lowest BCUT2D eigenvalue weighted by Gasteiger charge is -2.38. The van der Waals surface area contributed by atoms with Crippen LogP contribution in [-0.2, 0) is 4.79 Å². The SMILES string of the molecule is O=C(CC1CSCCN1)N1C2CCC1CC(O)C2. The number of piperidine rings is 1. The monoisotopic (exact) mass is 270 g/mol. The number of hydrogen-bond acceptors (Lipinski definition) is 4. The third-order valence-electron chi connectivity index (χ3n) is 4.42. The predicted molar refractivity (Wildman–Crippen MR) is 72.6 cm³/mol. The second-order valence-electron chi connectivity index (χ2n) is 5.74. The van der Waals surface area contributed by atoms with E-state index >= 15 is 0 Å². The van der Waals surface area contributed by atoms with Crippen LogP contribution in [0.5, 0.6) is 0 Å². The molecule has 3 atom stereocenters. The van der Waals surface area contributed by atoms with Crippen molar-refractivity contribution in [3.63, 3.8) is 0 Å². The topological polar surface area (TPSA) is 52.6 Å². The minimum atomic E-state index is -0.185. The summed E-state index contributed by atoms with van der Waals surface area (Å²) in [6, 6.07) is 0.965. The number of rotatable bonds is 2. The van der Waals surface area contributed by atoms with Crippen molar-refractivity contribution in [2.24, 2.45) is 0 Å². The molecule has 0 radical (unpaired) electrons. The van der Waals surface area contributed by atoms with Crippen molar-refractivity contribution in [3.05, 3.63) is 0 Å². The Morgan fingerprint density at radius 2 is 2.06 bits per heavy atom. The Balaban J connectivity index is 1.59. The first-order chi connectivity index (χ1) is 8.74. The summed E-state index contributed by atoms with van der Waals surface area (Å²) in [4.78, 5) is 14.5. The van der Waals surface area contributed by atoms with E-state index in [0.717, 1.165) is 43.7 Å². The van der Waals surface area contributed by atoms with E-state index < -0.39 is 0 Å². The third-order valence-corrected chi connectivity index (χ3v) is 5.55. The van der Waals surface area contributed by atoms with Crippen LogP contribution in [0.2, 0.25) is 0 Å². The third kappa shape index (κ3) is 2.53. The molecule has 0 saturated carbocycles. The van der Waals surface area contributed by atoms with Crippen LogP contribution >= 0.6 is 11.8 Å². The van der Waals surface area contributed by atoms with Gasteiger partial charge in [-0.1, -0.05) is 0 Å². The normalized spacial score (nSPS) is 39.9. The van der Waals surface area contributed by atoms with Gasteiger partial charge in [0.25, 0.3) is 0 Å². The van der Waals surface area contributed by atoms with Crippen LogP contribution < -0.4 is 5.32 Å².